The van der Waals surface area contributed by atoms with E-state index in [1.54, 1.807) is 0 Å². The molecule has 1 aliphatic carbocycles. The van der Waals surface area contributed by atoms with Gasteiger partial charge >= 0.3 is 0 Å². The number of hydrogen-bond donors (Lipinski definition) is 0. The van der Waals surface area contributed by atoms with Crippen molar-refractivity contribution < 1.29 is 4.42 Å². The van der Waals surface area contributed by atoms with Gasteiger partial charge in [-0.2, -0.15) is 0 Å². The Morgan fingerprint density at radius 3 is 1.83 bits per heavy atom. The van der Waals surface area contributed by atoms with Gasteiger partial charge in [-0.1, -0.05) is 172 Å². The lowest BCUT2D eigenvalue weighted by atomic mass is 9.82. The molecule has 0 aliphatic heterocycles. The van der Waals surface area contributed by atoms with Gasteiger partial charge in [0.2, 0.25) is 0 Å². The molecule has 0 saturated carbocycles. The molecule has 12 rings (SSSR count). The molecule has 11 aromatic rings. The van der Waals surface area contributed by atoms with E-state index in [9.17, 15) is 0 Å². The lowest BCUT2D eigenvalue weighted by molar-refractivity contribution is 0.660. The molecule has 60 heavy (non-hydrogen) atoms. The highest BCUT2D eigenvalue weighted by Crippen LogP contribution is 2.50. The summed E-state index contributed by atoms with van der Waals surface area (Å²) in [5.74, 6) is 1.89. The SMILES string of the molecule is CC1(C)c2ccccc2-c2ccc(-c3nc(-c4ccccc4)nc(-c4ccccc4-c4cccc5oc6ccc(-c7cc8ccccc8c8ccccc78)cc6c45)n3)cc21. The molecule has 0 atom stereocenters. The fourth-order valence-corrected chi connectivity index (χ4v) is 9.61. The molecule has 0 N–H and O–H groups in total. The molecule has 2 heterocycles. The minimum atomic E-state index is -0.153. The van der Waals surface area contributed by atoms with Gasteiger partial charge in [0.25, 0.3) is 0 Å². The van der Waals surface area contributed by atoms with Crippen LogP contribution in [0.5, 0.6) is 0 Å². The van der Waals surface area contributed by atoms with E-state index in [4.69, 9.17) is 19.4 Å². The summed E-state index contributed by atoms with van der Waals surface area (Å²) in [5.41, 5.74) is 13.9. The minimum Gasteiger partial charge on any atom is -0.456 e. The van der Waals surface area contributed by atoms with Crippen LogP contribution in [0.3, 0.4) is 0 Å². The number of fused-ring (bicyclic) bond motifs is 9. The topological polar surface area (TPSA) is 51.8 Å². The summed E-state index contributed by atoms with van der Waals surface area (Å²) >= 11 is 0. The molecule has 0 spiro atoms. The number of hydrogen-bond acceptors (Lipinski definition) is 4. The zero-order chi connectivity index (χ0) is 40.0. The van der Waals surface area contributed by atoms with Crippen LogP contribution >= 0.6 is 0 Å². The predicted molar refractivity (Wildman–Crippen MR) is 247 cm³/mol. The molecule has 0 fully saturated rings. The number of benzene rings is 9. The van der Waals surface area contributed by atoms with Crippen LogP contribution in [0.25, 0.3) is 111 Å². The molecule has 4 heteroatoms. The summed E-state index contributed by atoms with van der Waals surface area (Å²) in [4.78, 5) is 15.7. The van der Waals surface area contributed by atoms with Gasteiger partial charge in [0.05, 0.1) is 0 Å². The summed E-state index contributed by atoms with van der Waals surface area (Å²) in [5, 5.41) is 7.08. The van der Waals surface area contributed by atoms with E-state index in [0.29, 0.717) is 17.5 Å². The Hall–Kier alpha value is -7.69. The Morgan fingerprint density at radius 2 is 0.983 bits per heavy atom. The highest BCUT2D eigenvalue weighted by Gasteiger charge is 2.35. The minimum absolute atomic E-state index is 0.153. The maximum atomic E-state index is 6.60. The second-order valence-corrected chi connectivity index (χ2v) is 16.3. The molecule has 9 aromatic carbocycles. The van der Waals surface area contributed by atoms with Crippen molar-refractivity contribution in [3.63, 3.8) is 0 Å². The zero-order valence-electron chi connectivity index (χ0n) is 33.1. The van der Waals surface area contributed by atoms with Gasteiger partial charge in [-0.15, -0.1) is 0 Å². The molecule has 2 aromatic heterocycles. The van der Waals surface area contributed by atoms with Crippen LogP contribution in [-0.4, -0.2) is 15.0 Å². The van der Waals surface area contributed by atoms with Crippen molar-refractivity contribution in [3.05, 3.63) is 199 Å². The van der Waals surface area contributed by atoms with Crippen molar-refractivity contribution in [2.45, 2.75) is 19.3 Å². The first kappa shape index (κ1) is 34.4. The normalized spacial score (nSPS) is 13.0. The molecule has 282 valence electrons. The fourth-order valence-electron chi connectivity index (χ4n) is 9.61. The van der Waals surface area contributed by atoms with E-state index in [1.165, 1.54) is 49.4 Å². The molecule has 0 amide bonds. The monoisotopic (exact) mass is 767 g/mol. The van der Waals surface area contributed by atoms with Gasteiger partial charge in [0.1, 0.15) is 11.2 Å². The maximum Gasteiger partial charge on any atom is 0.164 e. The van der Waals surface area contributed by atoms with Crippen LogP contribution in [0.15, 0.2) is 192 Å². The summed E-state index contributed by atoms with van der Waals surface area (Å²) < 4.78 is 6.60. The highest BCUT2D eigenvalue weighted by molar-refractivity contribution is 6.17. The van der Waals surface area contributed by atoms with Gasteiger partial charge in [-0.25, -0.2) is 15.0 Å². The lowest BCUT2D eigenvalue weighted by Crippen LogP contribution is -2.15. The van der Waals surface area contributed by atoms with Crippen molar-refractivity contribution in [1.82, 2.24) is 15.0 Å². The Balaban J connectivity index is 1.04. The average Bonchev–Trinajstić information content (AvgIpc) is 3.80. The van der Waals surface area contributed by atoms with E-state index < -0.39 is 0 Å². The first-order valence-electron chi connectivity index (χ1n) is 20.5. The van der Waals surface area contributed by atoms with Crippen LogP contribution in [0.4, 0.5) is 0 Å². The van der Waals surface area contributed by atoms with Crippen LogP contribution in [0.1, 0.15) is 25.0 Å². The van der Waals surface area contributed by atoms with Gasteiger partial charge in [-0.3, -0.25) is 0 Å². The van der Waals surface area contributed by atoms with Crippen molar-refractivity contribution in [1.29, 1.82) is 0 Å². The molecule has 1 aliphatic rings. The third-order valence-electron chi connectivity index (χ3n) is 12.5. The van der Waals surface area contributed by atoms with Gasteiger partial charge < -0.3 is 4.42 Å². The Kier molecular flexibility index (Phi) is 7.54. The fraction of sp³-hybridized carbons (Fsp3) is 0.0536. The second kappa shape index (κ2) is 13.2. The molecule has 4 nitrogen and oxygen atoms in total. The smallest absolute Gasteiger partial charge is 0.164 e. The molecule has 0 saturated heterocycles. The molecule has 0 radical (unpaired) electrons. The van der Waals surface area contributed by atoms with Crippen LogP contribution in [0.2, 0.25) is 0 Å². The van der Waals surface area contributed by atoms with E-state index in [-0.39, 0.29) is 5.41 Å². The number of rotatable bonds is 5. The third-order valence-corrected chi connectivity index (χ3v) is 12.5. The third kappa shape index (κ3) is 5.27. The lowest BCUT2D eigenvalue weighted by Gasteiger charge is -2.21. The first-order valence-corrected chi connectivity index (χ1v) is 20.5. The predicted octanol–water partition coefficient (Wildman–Crippen LogP) is 14.7. The van der Waals surface area contributed by atoms with E-state index in [2.05, 4.69) is 184 Å². The van der Waals surface area contributed by atoms with Crippen molar-refractivity contribution in [3.8, 4) is 67.5 Å². The Bertz CT molecular complexity index is 3530. The average molecular weight is 768 g/mol. The van der Waals surface area contributed by atoms with Crippen LogP contribution < -0.4 is 0 Å². The largest absolute Gasteiger partial charge is 0.456 e. The number of aromatic nitrogens is 3. The summed E-state index contributed by atoms with van der Waals surface area (Å²) in [6.45, 7) is 4.61. The molecule has 0 bridgehead atoms. The van der Waals surface area contributed by atoms with Crippen molar-refractivity contribution >= 4 is 43.5 Å². The molecular formula is C56H37N3O. The van der Waals surface area contributed by atoms with Gasteiger partial charge in [0.15, 0.2) is 17.5 Å². The van der Waals surface area contributed by atoms with Crippen molar-refractivity contribution in [2.24, 2.45) is 0 Å². The number of furan rings is 1. The van der Waals surface area contributed by atoms with Gasteiger partial charge in [-0.05, 0) is 96.4 Å². The summed E-state index contributed by atoms with van der Waals surface area (Å²) in [6, 6.07) is 66.6. The molecular weight excluding hydrogens is 731 g/mol. The standard InChI is InChI=1S/C56H37N3O/c1-56(2)48-25-13-12-22-42(48)43-29-27-37(33-49(43)56)54-57-53(34-15-4-3-5-16-34)58-55(59-54)45-23-11-10-21-41(45)44-24-14-26-51-52(44)47-32-36(28-30-50(47)60-51)46-31-35-17-6-7-18-38(35)39-19-8-9-20-40(39)46/h3-33H,1-2H3. The maximum absolute atomic E-state index is 6.60. The quantitative estimate of drug-likeness (QED) is 0.164. The number of nitrogens with zero attached hydrogens (tertiary/aromatic N) is 3. The van der Waals surface area contributed by atoms with Crippen LogP contribution in [-0.2, 0) is 5.41 Å². The molecule has 0 unspecified atom stereocenters. The van der Waals surface area contributed by atoms with E-state index in [1.807, 2.05) is 18.2 Å². The van der Waals surface area contributed by atoms with Crippen molar-refractivity contribution in [2.75, 3.05) is 0 Å². The summed E-state index contributed by atoms with van der Waals surface area (Å²) in [6.07, 6.45) is 0. The first-order chi connectivity index (χ1) is 29.5. The van der Waals surface area contributed by atoms with Gasteiger partial charge in [0, 0.05) is 32.9 Å². The van der Waals surface area contributed by atoms with E-state index in [0.717, 1.165) is 55.3 Å². The Labute approximate surface area is 347 Å². The highest BCUT2D eigenvalue weighted by atomic mass is 16.3. The van der Waals surface area contributed by atoms with E-state index >= 15 is 0 Å². The Morgan fingerprint density at radius 1 is 0.350 bits per heavy atom. The second-order valence-electron chi connectivity index (χ2n) is 16.3. The van der Waals surface area contributed by atoms with Crippen LogP contribution in [0, 0.1) is 0 Å². The zero-order valence-corrected chi connectivity index (χ0v) is 33.1. The summed E-state index contributed by atoms with van der Waals surface area (Å²) in [7, 11) is 0.